The van der Waals surface area contributed by atoms with Gasteiger partial charge in [-0.3, -0.25) is 4.98 Å². The van der Waals surface area contributed by atoms with E-state index in [1.54, 1.807) is 24.8 Å². The molecule has 116 valence electrons. The molecule has 0 saturated carbocycles. The minimum atomic E-state index is 0.447. The molecule has 0 amide bonds. The smallest absolute Gasteiger partial charge is 0.316 e. The molecule has 2 aromatic rings. The van der Waals surface area contributed by atoms with Crippen LogP contribution in [0.25, 0.3) is 0 Å². The van der Waals surface area contributed by atoms with Crippen LogP contribution in [0.1, 0.15) is 18.4 Å². The first-order chi connectivity index (χ1) is 10.7. The Labute approximate surface area is 135 Å². The maximum absolute atomic E-state index is 6.24. The Morgan fingerprint density at radius 1 is 1.32 bits per heavy atom. The van der Waals surface area contributed by atoms with Crippen molar-refractivity contribution in [2.75, 3.05) is 24.6 Å². The lowest BCUT2D eigenvalue weighted by atomic mass is 9.98. The van der Waals surface area contributed by atoms with Gasteiger partial charge in [0.15, 0.2) is 0 Å². The molecule has 0 N–H and O–H groups in total. The van der Waals surface area contributed by atoms with Crippen LogP contribution in [0.5, 0.6) is 6.01 Å². The van der Waals surface area contributed by atoms with Gasteiger partial charge in [-0.1, -0.05) is 11.6 Å². The van der Waals surface area contributed by atoms with Crippen molar-refractivity contribution in [1.29, 1.82) is 0 Å². The second-order valence-corrected chi connectivity index (χ2v) is 6.04. The van der Waals surface area contributed by atoms with Crippen LogP contribution in [-0.2, 0) is 0 Å². The Morgan fingerprint density at radius 3 is 2.91 bits per heavy atom. The molecular formula is C16H19ClN4O. The molecule has 3 heterocycles. The lowest BCUT2D eigenvalue weighted by Crippen LogP contribution is -2.38. The minimum Gasteiger partial charge on any atom is -0.463 e. The molecule has 0 aliphatic carbocycles. The molecule has 1 atom stereocenters. The number of hydrogen-bond acceptors (Lipinski definition) is 5. The predicted molar refractivity (Wildman–Crippen MR) is 86.4 cm³/mol. The summed E-state index contributed by atoms with van der Waals surface area (Å²) in [7, 11) is 0. The van der Waals surface area contributed by atoms with E-state index in [0.29, 0.717) is 23.6 Å². The summed E-state index contributed by atoms with van der Waals surface area (Å²) in [5, 5.41) is 0.700. The van der Waals surface area contributed by atoms with E-state index in [2.05, 4.69) is 19.9 Å². The number of pyridine rings is 1. The zero-order chi connectivity index (χ0) is 15.4. The molecular weight excluding hydrogens is 300 g/mol. The van der Waals surface area contributed by atoms with Crippen molar-refractivity contribution in [2.45, 2.75) is 19.8 Å². The molecule has 0 aromatic carbocycles. The van der Waals surface area contributed by atoms with Crippen LogP contribution in [0.2, 0.25) is 5.02 Å². The molecule has 1 aliphatic heterocycles. The van der Waals surface area contributed by atoms with E-state index in [0.717, 1.165) is 37.2 Å². The topological polar surface area (TPSA) is 51.1 Å². The Hall–Kier alpha value is -1.88. The van der Waals surface area contributed by atoms with Crippen LogP contribution in [-0.4, -0.2) is 34.6 Å². The maximum Gasteiger partial charge on any atom is 0.316 e. The second kappa shape index (κ2) is 6.92. The number of aromatic nitrogens is 3. The molecule has 22 heavy (non-hydrogen) atoms. The Kier molecular flexibility index (Phi) is 4.73. The highest BCUT2D eigenvalue weighted by Crippen LogP contribution is 2.28. The molecule has 2 aromatic heterocycles. The van der Waals surface area contributed by atoms with E-state index in [9.17, 15) is 0 Å². The molecule has 3 rings (SSSR count). The largest absolute Gasteiger partial charge is 0.463 e. The van der Waals surface area contributed by atoms with E-state index < -0.39 is 0 Å². The highest BCUT2D eigenvalue weighted by Gasteiger charge is 2.22. The average Bonchev–Trinajstić information content (AvgIpc) is 2.55. The van der Waals surface area contributed by atoms with Gasteiger partial charge in [0, 0.05) is 43.8 Å². The molecule has 1 saturated heterocycles. The summed E-state index contributed by atoms with van der Waals surface area (Å²) < 4.78 is 5.72. The van der Waals surface area contributed by atoms with Crippen LogP contribution in [0.3, 0.4) is 0 Å². The van der Waals surface area contributed by atoms with E-state index in [1.807, 2.05) is 13.0 Å². The highest BCUT2D eigenvalue weighted by molar-refractivity contribution is 6.33. The first kappa shape index (κ1) is 15.0. The predicted octanol–water partition coefficient (Wildman–Crippen LogP) is 3.13. The maximum atomic E-state index is 6.24. The highest BCUT2D eigenvalue weighted by atomic mass is 35.5. The van der Waals surface area contributed by atoms with Gasteiger partial charge >= 0.3 is 6.01 Å². The Balaban J connectivity index is 1.59. The quantitative estimate of drug-likeness (QED) is 0.867. The van der Waals surface area contributed by atoms with Crippen LogP contribution in [0, 0.1) is 12.8 Å². The zero-order valence-electron chi connectivity index (χ0n) is 12.6. The number of nitrogens with zero attached hydrogens (tertiary/aromatic N) is 4. The van der Waals surface area contributed by atoms with E-state index in [4.69, 9.17) is 16.3 Å². The third-order valence-corrected chi connectivity index (χ3v) is 4.11. The lowest BCUT2D eigenvalue weighted by Gasteiger charge is -2.34. The fourth-order valence-electron chi connectivity index (χ4n) is 2.69. The van der Waals surface area contributed by atoms with Gasteiger partial charge in [0.1, 0.15) is 0 Å². The summed E-state index contributed by atoms with van der Waals surface area (Å²) in [6, 6.07) is 2.42. The summed E-state index contributed by atoms with van der Waals surface area (Å²) in [5.74, 6) is 0.447. The van der Waals surface area contributed by atoms with E-state index in [1.165, 1.54) is 0 Å². The van der Waals surface area contributed by atoms with Crippen molar-refractivity contribution in [3.63, 3.8) is 0 Å². The van der Waals surface area contributed by atoms with Gasteiger partial charge in [-0.05, 0) is 31.4 Å². The van der Waals surface area contributed by atoms with Crippen LogP contribution >= 0.6 is 11.6 Å². The third kappa shape index (κ3) is 3.65. The summed E-state index contributed by atoms with van der Waals surface area (Å²) in [4.78, 5) is 14.7. The van der Waals surface area contributed by atoms with Gasteiger partial charge < -0.3 is 9.64 Å². The molecule has 6 heteroatoms. The Morgan fingerprint density at radius 2 is 2.14 bits per heavy atom. The first-order valence-corrected chi connectivity index (χ1v) is 7.86. The zero-order valence-corrected chi connectivity index (χ0v) is 13.3. The fourth-order valence-corrected chi connectivity index (χ4v) is 2.93. The fraction of sp³-hybridized carbons (Fsp3) is 0.438. The van der Waals surface area contributed by atoms with Crippen LogP contribution < -0.4 is 9.64 Å². The standard InChI is InChI=1S/C16H19ClN4O/c1-12-7-19-16(20-8-12)22-11-13-3-2-6-21(10-13)15-4-5-18-9-14(15)17/h4-5,7-9,13H,2-3,6,10-11H2,1H3. The summed E-state index contributed by atoms with van der Waals surface area (Å²) >= 11 is 6.24. The number of hydrogen-bond donors (Lipinski definition) is 0. The molecule has 1 aliphatic rings. The van der Waals surface area contributed by atoms with Gasteiger partial charge in [0.25, 0.3) is 0 Å². The van der Waals surface area contributed by atoms with E-state index in [-0.39, 0.29) is 0 Å². The van der Waals surface area contributed by atoms with Crippen molar-refractivity contribution in [3.05, 3.63) is 41.4 Å². The number of anilines is 1. The average molecular weight is 319 g/mol. The SMILES string of the molecule is Cc1cnc(OCC2CCCN(c3ccncc3Cl)C2)nc1. The number of piperidine rings is 1. The molecule has 5 nitrogen and oxygen atoms in total. The number of ether oxygens (including phenoxy) is 1. The number of halogens is 1. The van der Waals surface area contributed by atoms with Gasteiger partial charge in [-0.15, -0.1) is 0 Å². The van der Waals surface area contributed by atoms with Crippen molar-refractivity contribution in [2.24, 2.45) is 5.92 Å². The van der Waals surface area contributed by atoms with Crippen molar-refractivity contribution in [1.82, 2.24) is 15.0 Å². The van der Waals surface area contributed by atoms with Gasteiger partial charge in [-0.2, -0.15) is 0 Å². The minimum absolute atomic E-state index is 0.447. The Bertz CT molecular complexity index is 620. The molecule has 0 bridgehead atoms. The van der Waals surface area contributed by atoms with Gasteiger partial charge in [0.05, 0.1) is 17.3 Å². The molecule has 1 fully saturated rings. The van der Waals surface area contributed by atoms with Crippen LogP contribution in [0.4, 0.5) is 5.69 Å². The van der Waals surface area contributed by atoms with Crippen molar-refractivity contribution >= 4 is 17.3 Å². The lowest BCUT2D eigenvalue weighted by molar-refractivity contribution is 0.214. The van der Waals surface area contributed by atoms with Crippen LogP contribution in [0.15, 0.2) is 30.9 Å². The summed E-state index contributed by atoms with van der Waals surface area (Å²) in [6.07, 6.45) is 9.28. The molecule has 1 unspecified atom stereocenters. The second-order valence-electron chi connectivity index (χ2n) is 5.64. The number of aryl methyl sites for hydroxylation is 1. The summed E-state index contributed by atoms with van der Waals surface area (Å²) in [6.45, 7) is 4.53. The first-order valence-electron chi connectivity index (χ1n) is 7.48. The normalized spacial score (nSPS) is 18.3. The van der Waals surface area contributed by atoms with Crippen molar-refractivity contribution < 1.29 is 4.74 Å². The third-order valence-electron chi connectivity index (χ3n) is 3.82. The number of rotatable bonds is 4. The van der Waals surface area contributed by atoms with Gasteiger partial charge in [0.2, 0.25) is 0 Å². The summed E-state index contributed by atoms with van der Waals surface area (Å²) in [5.41, 5.74) is 2.08. The van der Waals surface area contributed by atoms with Crippen molar-refractivity contribution in [3.8, 4) is 6.01 Å². The van der Waals surface area contributed by atoms with Gasteiger partial charge in [-0.25, -0.2) is 9.97 Å². The van der Waals surface area contributed by atoms with E-state index >= 15 is 0 Å². The molecule has 0 radical (unpaired) electrons. The monoisotopic (exact) mass is 318 g/mol. The molecule has 0 spiro atoms.